The van der Waals surface area contributed by atoms with Crippen molar-refractivity contribution in [1.29, 1.82) is 0 Å². The molecule has 8 unspecified atom stereocenters. The molecule has 1 rings (SSSR count). The Morgan fingerprint density at radius 1 is 0.824 bits per heavy atom. The first-order chi connectivity index (χ1) is 24.4. The number of amides is 1. The Morgan fingerprint density at radius 3 is 2.08 bits per heavy atom. The Balaban J connectivity index is 2.82. The predicted molar refractivity (Wildman–Crippen MR) is 196 cm³/mol. The summed E-state index contributed by atoms with van der Waals surface area (Å²) < 4.78 is 47.1. The molecule has 0 aromatic heterocycles. The zero-order chi connectivity index (χ0) is 37.9. The Morgan fingerprint density at radius 2 is 1.43 bits per heavy atom. The van der Waals surface area contributed by atoms with Gasteiger partial charge in [-0.2, -0.15) is 8.42 Å². The smallest absolute Gasteiger partial charge is 0.394 e. The van der Waals surface area contributed by atoms with E-state index in [4.69, 9.17) is 14.0 Å². The number of aliphatic hydroxyl groups excluding tert-OH is 5. The molecule has 0 aromatic carbocycles. The molecule has 51 heavy (non-hydrogen) atoms. The lowest BCUT2D eigenvalue weighted by atomic mass is 9.99. The average Bonchev–Trinajstić information content (AvgIpc) is 3.09. The molecule has 0 aliphatic carbocycles. The second-order valence-electron chi connectivity index (χ2n) is 12.6. The summed E-state index contributed by atoms with van der Waals surface area (Å²) in [7, 11) is -5.12. The molecule has 8 atom stereocenters. The fourth-order valence-corrected chi connectivity index (χ4v) is 5.69. The van der Waals surface area contributed by atoms with Crippen LogP contribution in [0.5, 0.6) is 0 Å². The van der Waals surface area contributed by atoms with Crippen LogP contribution in [-0.2, 0) is 28.9 Å². The van der Waals surface area contributed by atoms with Crippen LogP contribution in [0.4, 0.5) is 0 Å². The highest BCUT2D eigenvalue weighted by Gasteiger charge is 2.48. The number of carbonyl (C=O) groups excluding carboxylic acids is 1. The molecule has 1 heterocycles. The predicted octanol–water partition coefficient (Wildman–Crippen LogP) is 4.12. The number of carbonyl (C=O) groups is 1. The maximum Gasteiger partial charge on any atom is 0.397 e. The van der Waals surface area contributed by atoms with Crippen LogP contribution in [0.25, 0.3) is 0 Å². The summed E-state index contributed by atoms with van der Waals surface area (Å²) in [6, 6.07) is -1.17. The van der Waals surface area contributed by atoms with Gasteiger partial charge in [0.2, 0.25) is 5.91 Å². The van der Waals surface area contributed by atoms with Crippen LogP contribution in [0.2, 0.25) is 0 Å². The van der Waals surface area contributed by atoms with Gasteiger partial charge in [0.05, 0.1) is 25.4 Å². The zero-order valence-electron chi connectivity index (χ0n) is 30.2. The van der Waals surface area contributed by atoms with Crippen LogP contribution in [0.3, 0.4) is 0 Å². The van der Waals surface area contributed by atoms with Crippen LogP contribution in [0.1, 0.15) is 104 Å². The van der Waals surface area contributed by atoms with Crippen molar-refractivity contribution in [1.82, 2.24) is 5.32 Å². The van der Waals surface area contributed by atoms with E-state index in [0.717, 1.165) is 38.5 Å². The normalized spacial score (nSPS) is 23.6. The van der Waals surface area contributed by atoms with Crippen molar-refractivity contribution in [2.24, 2.45) is 0 Å². The summed E-state index contributed by atoms with van der Waals surface area (Å²) in [6.45, 7) is 2.95. The third kappa shape index (κ3) is 21.8. The summed E-state index contributed by atoms with van der Waals surface area (Å²) in [5.74, 6) is -0.791. The molecular formula is C37H63NO12S. The van der Waals surface area contributed by atoms with E-state index in [1.54, 1.807) is 12.2 Å². The number of unbranched alkanes of at least 4 members (excludes halogenated alkanes) is 8. The van der Waals surface area contributed by atoms with Gasteiger partial charge in [0.1, 0.15) is 30.5 Å². The second-order valence-corrected chi connectivity index (χ2v) is 13.6. The quantitative estimate of drug-likeness (QED) is 0.0343. The molecule has 1 aliphatic heterocycles. The summed E-state index contributed by atoms with van der Waals surface area (Å²) in [6.07, 6.45) is 20.8. The number of allylic oxidation sites excluding steroid dienone is 8. The molecule has 13 nitrogen and oxygen atoms in total. The van der Waals surface area contributed by atoms with Crippen molar-refractivity contribution < 1.29 is 57.0 Å². The molecular weight excluding hydrogens is 682 g/mol. The highest BCUT2D eigenvalue weighted by molar-refractivity contribution is 7.80. The third-order valence-electron chi connectivity index (χ3n) is 8.13. The number of aliphatic hydroxyl groups is 5. The molecule has 0 spiro atoms. The summed E-state index contributed by atoms with van der Waals surface area (Å²) in [4.78, 5) is 12.9. The molecule has 7 N–H and O–H groups in total. The molecule has 0 saturated carbocycles. The number of hydrogen-bond donors (Lipinski definition) is 7. The highest BCUT2D eigenvalue weighted by Crippen LogP contribution is 2.26. The number of ether oxygens (including phenoxy) is 2. The van der Waals surface area contributed by atoms with E-state index in [1.807, 2.05) is 18.2 Å². The Kier molecular flexibility index (Phi) is 25.9. The van der Waals surface area contributed by atoms with E-state index in [-0.39, 0.29) is 6.42 Å². The Hall–Kier alpha value is -2.24. The average molecular weight is 746 g/mol. The van der Waals surface area contributed by atoms with Gasteiger partial charge in [0.15, 0.2) is 6.29 Å². The van der Waals surface area contributed by atoms with Crippen LogP contribution >= 0.6 is 0 Å². The maximum absolute atomic E-state index is 12.9. The van der Waals surface area contributed by atoms with Crippen molar-refractivity contribution in [3.63, 3.8) is 0 Å². The maximum atomic E-state index is 12.9. The monoisotopic (exact) mass is 745 g/mol. The van der Waals surface area contributed by atoms with Crippen LogP contribution in [0.15, 0.2) is 60.8 Å². The fraction of sp³-hybridized carbons (Fsp3) is 0.703. The number of nitrogens with one attached hydrogen (secondary N) is 1. The van der Waals surface area contributed by atoms with Crippen molar-refractivity contribution in [2.75, 3.05) is 13.2 Å². The lowest BCUT2D eigenvalue weighted by molar-refractivity contribution is -0.298. The van der Waals surface area contributed by atoms with Crippen molar-refractivity contribution in [2.45, 2.75) is 153 Å². The third-order valence-corrected chi connectivity index (χ3v) is 8.59. The van der Waals surface area contributed by atoms with Crippen LogP contribution in [0, 0.1) is 0 Å². The van der Waals surface area contributed by atoms with Crippen LogP contribution in [-0.4, -0.2) is 107 Å². The van der Waals surface area contributed by atoms with Gasteiger partial charge in [-0.25, -0.2) is 4.18 Å². The standard InChI is InChI=1S/C37H63NO12S/c1-3-5-7-9-11-13-15-16-18-20-22-24-26-31(41)36(44)38-29(30(40)25-23-21-19-17-14-12-10-8-6-4-2)28-48-37-34(43)35(50-51(45,46)47)33(42)32(27-39)49-37/h6,8,14,16-18,22-25,29-35,37,39-43H,3-5,7,9-13,15,19-21,26-28H2,1-2H3,(H,38,44)(H,45,46,47)/b8-6+,17-14+,18-16-,24-22-,25-23+. The summed E-state index contributed by atoms with van der Waals surface area (Å²) in [5.41, 5.74) is 0. The largest absolute Gasteiger partial charge is 0.397 e. The van der Waals surface area contributed by atoms with E-state index < -0.39 is 78.5 Å². The van der Waals surface area contributed by atoms with E-state index in [9.17, 15) is 38.7 Å². The molecule has 1 amide bonds. The summed E-state index contributed by atoms with van der Waals surface area (Å²) >= 11 is 0. The first-order valence-corrected chi connectivity index (χ1v) is 19.6. The molecule has 0 bridgehead atoms. The molecule has 294 valence electrons. The van der Waals surface area contributed by atoms with Gasteiger partial charge in [0, 0.05) is 6.42 Å². The minimum absolute atomic E-state index is 0.0202. The molecule has 1 aliphatic rings. The molecule has 14 heteroatoms. The van der Waals surface area contributed by atoms with Crippen LogP contribution < -0.4 is 5.32 Å². The second kappa shape index (κ2) is 28.3. The first kappa shape index (κ1) is 46.8. The van der Waals surface area contributed by atoms with Crippen molar-refractivity contribution in [3.8, 4) is 0 Å². The van der Waals surface area contributed by atoms with Gasteiger partial charge in [-0.05, 0) is 51.4 Å². The lowest BCUT2D eigenvalue weighted by Gasteiger charge is -2.41. The fourth-order valence-electron chi connectivity index (χ4n) is 5.19. The van der Waals surface area contributed by atoms with Gasteiger partial charge in [-0.1, -0.05) is 107 Å². The van der Waals surface area contributed by atoms with E-state index in [1.165, 1.54) is 38.2 Å². The van der Waals surface area contributed by atoms with Gasteiger partial charge in [0.25, 0.3) is 0 Å². The summed E-state index contributed by atoms with van der Waals surface area (Å²) in [5, 5.41) is 54.5. The van der Waals surface area contributed by atoms with E-state index >= 15 is 0 Å². The molecule has 1 saturated heterocycles. The molecule has 0 radical (unpaired) electrons. The molecule has 0 aromatic rings. The lowest BCUT2D eigenvalue weighted by Crippen LogP contribution is -2.61. The minimum Gasteiger partial charge on any atom is -0.394 e. The van der Waals surface area contributed by atoms with Gasteiger partial charge in [-0.3, -0.25) is 9.35 Å². The zero-order valence-corrected chi connectivity index (χ0v) is 31.1. The van der Waals surface area contributed by atoms with Gasteiger partial charge >= 0.3 is 10.4 Å². The number of rotatable bonds is 28. The van der Waals surface area contributed by atoms with Gasteiger partial charge in [-0.15, -0.1) is 0 Å². The Labute approximate surface area is 304 Å². The topological polar surface area (TPSA) is 212 Å². The van der Waals surface area contributed by atoms with Crippen molar-refractivity contribution in [3.05, 3.63) is 60.8 Å². The van der Waals surface area contributed by atoms with Crippen molar-refractivity contribution >= 4 is 16.3 Å². The van der Waals surface area contributed by atoms with Gasteiger partial charge < -0.3 is 40.3 Å². The number of hydrogen-bond acceptors (Lipinski definition) is 11. The Bertz CT molecular complexity index is 1170. The molecule has 1 fully saturated rings. The minimum atomic E-state index is -5.12. The first-order valence-electron chi connectivity index (χ1n) is 18.3. The SMILES string of the molecule is CC/C=C/CC/C=C/CC/C=C/C(O)C(COC1OC(CO)C(O)C(OS(=O)(=O)O)C1O)NC(=O)C(O)C/C=C\C/C=C\CCCCCCCC. The van der Waals surface area contributed by atoms with E-state index in [2.05, 4.69) is 47.7 Å². The highest BCUT2D eigenvalue weighted by atomic mass is 32.3. The van der Waals surface area contributed by atoms with E-state index in [0.29, 0.717) is 12.8 Å².